The SMILES string of the molecule is Cn1c(-c2ccoc2Br)nc2ccc(C#N)cc21. The van der Waals surface area contributed by atoms with Gasteiger partial charge in [0, 0.05) is 7.05 Å². The predicted molar refractivity (Wildman–Crippen MR) is 70.8 cm³/mol. The lowest BCUT2D eigenvalue weighted by molar-refractivity contribution is 0.542. The highest BCUT2D eigenvalue weighted by Crippen LogP contribution is 2.30. The Morgan fingerprint density at radius 2 is 2.22 bits per heavy atom. The van der Waals surface area contributed by atoms with E-state index >= 15 is 0 Å². The van der Waals surface area contributed by atoms with Gasteiger partial charge in [-0.1, -0.05) is 0 Å². The van der Waals surface area contributed by atoms with E-state index in [2.05, 4.69) is 27.0 Å². The van der Waals surface area contributed by atoms with Crippen LogP contribution in [0.3, 0.4) is 0 Å². The van der Waals surface area contributed by atoms with Crippen molar-refractivity contribution in [3.63, 3.8) is 0 Å². The molecule has 0 aliphatic rings. The summed E-state index contributed by atoms with van der Waals surface area (Å²) in [6.07, 6.45) is 1.61. The first kappa shape index (κ1) is 11.1. The molecule has 0 bridgehead atoms. The topological polar surface area (TPSA) is 54.8 Å². The number of hydrogen-bond donors (Lipinski definition) is 0. The highest BCUT2D eigenvalue weighted by Gasteiger charge is 2.14. The smallest absolute Gasteiger partial charge is 0.179 e. The molecule has 0 aliphatic heterocycles. The zero-order valence-corrected chi connectivity index (χ0v) is 11.1. The molecular weight excluding hydrogens is 294 g/mol. The highest BCUT2D eigenvalue weighted by atomic mass is 79.9. The van der Waals surface area contributed by atoms with Crippen LogP contribution in [0.25, 0.3) is 22.4 Å². The normalized spacial score (nSPS) is 10.7. The van der Waals surface area contributed by atoms with Gasteiger partial charge in [0.25, 0.3) is 0 Å². The Kier molecular flexibility index (Phi) is 2.46. The van der Waals surface area contributed by atoms with Crippen LogP contribution in [0.4, 0.5) is 0 Å². The van der Waals surface area contributed by atoms with Gasteiger partial charge in [-0.2, -0.15) is 5.26 Å². The predicted octanol–water partition coefficient (Wildman–Crippen LogP) is 3.47. The molecule has 0 atom stereocenters. The first-order chi connectivity index (χ1) is 8.70. The van der Waals surface area contributed by atoms with Gasteiger partial charge >= 0.3 is 0 Å². The molecule has 3 aromatic rings. The minimum atomic E-state index is 0.628. The standard InChI is InChI=1S/C13H8BrN3O/c1-17-11-6-8(7-15)2-3-10(11)16-13(17)9-4-5-18-12(9)14/h2-6H,1H3. The van der Waals surface area contributed by atoms with E-state index in [1.54, 1.807) is 12.3 Å². The summed E-state index contributed by atoms with van der Waals surface area (Å²) in [6.45, 7) is 0. The first-order valence-corrected chi connectivity index (χ1v) is 6.10. The van der Waals surface area contributed by atoms with Crippen LogP contribution in [0, 0.1) is 11.3 Å². The molecule has 5 heteroatoms. The largest absolute Gasteiger partial charge is 0.457 e. The third-order valence-corrected chi connectivity index (χ3v) is 3.48. The molecule has 0 unspecified atom stereocenters. The van der Waals surface area contributed by atoms with E-state index in [1.165, 1.54) is 0 Å². The van der Waals surface area contributed by atoms with Gasteiger partial charge in [0.05, 0.1) is 34.5 Å². The summed E-state index contributed by atoms with van der Waals surface area (Å²) in [4.78, 5) is 4.55. The molecule has 4 nitrogen and oxygen atoms in total. The van der Waals surface area contributed by atoms with E-state index in [4.69, 9.17) is 9.68 Å². The zero-order chi connectivity index (χ0) is 12.7. The number of nitrogens with zero attached hydrogens (tertiary/aromatic N) is 3. The fourth-order valence-corrected chi connectivity index (χ4v) is 2.37. The number of aromatic nitrogens is 2. The Bertz CT molecular complexity index is 779. The van der Waals surface area contributed by atoms with Crippen LogP contribution in [0.1, 0.15) is 5.56 Å². The van der Waals surface area contributed by atoms with Crippen LogP contribution in [0.15, 0.2) is 39.6 Å². The molecule has 1 aromatic carbocycles. The van der Waals surface area contributed by atoms with Crippen molar-refractivity contribution >= 4 is 27.0 Å². The molecule has 0 aliphatic carbocycles. The number of furan rings is 1. The van der Waals surface area contributed by atoms with Crippen molar-refractivity contribution in [1.82, 2.24) is 9.55 Å². The fourth-order valence-electron chi connectivity index (χ4n) is 1.95. The second-order valence-electron chi connectivity index (χ2n) is 3.92. The first-order valence-electron chi connectivity index (χ1n) is 5.30. The summed E-state index contributed by atoms with van der Waals surface area (Å²) in [7, 11) is 1.92. The van der Waals surface area contributed by atoms with Crippen LogP contribution in [-0.2, 0) is 7.05 Å². The summed E-state index contributed by atoms with van der Waals surface area (Å²) < 4.78 is 7.83. The number of aryl methyl sites for hydroxylation is 1. The van der Waals surface area contributed by atoms with Gasteiger partial charge in [-0.05, 0) is 40.2 Å². The maximum absolute atomic E-state index is 8.92. The molecule has 0 radical (unpaired) electrons. The second kappa shape index (κ2) is 4.00. The van der Waals surface area contributed by atoms with Gasteiger partial charge in [0.15, 0.2) is 4.67 Å². The molecule has 0 amide bonds. The summed E-state index contributed by atoms with van der Waals surface area (Å²) in [5, 5.41) is 8.92. The molecule has 18 heavy (non-hydrogen) atoms. The van der Waals surface area contributed by atoms with Crippen LogP contribution in [0.5, 0.6) is 0 Å². The van der Waals surface area contributed by atoms with Crippen molar-refractivity contribution in [3.8, 4) is 17.5 Å². The average molecular weight is 302 g/mol. The van der Waals surface area contributed by atoms with Gasteiger partial charge in [-0.3, -0.25) is 0 Å². The van der Waals surface area contributed by atoms with Crippen LogP contribution < -0.4 is 0 Å². The van der Waals surface area contributed by atoms with Gasteiger partial charge in [-0.15, -0.1) is 0 Å². The Hall–Kier alpha value is -2.06. The highest BCUT2D eigenvalue weighted by molar-refractivity contribution is 9.10. The quantitative estimate of drug-likeness (QED) is 0.691. The van der Waals surface area contributed by atoms with Crippen molar-refractivity contribution in [3.05, 3.63) is 40.8 Å². The number of imidazole rings is 1. The van der Waals surface area contributed by atoms with E-state index in [1.807, 2.05) is 29.8 Å². The third-order valence-electron chi connectivity index (χ3n) is 2.87. The molecule has 0 saturated carbocycles. The number of rotatable bonds is 1. The Morgan fingerprint density at radius 1 is 1.39 bits per heavy atom. The zero-order valence-electron chi connectivity index (χ0n) is 9.51. The molecule has 2 heterocycles. The molecule has 88 valence electrons. The van der Waals surface area contributed by atoms with Crippen molar-refractivity contribution < 1.29 is 4.42 Å². The molecular formula is C13H8BrN3O. The van der Waals surface area contributed by atoms with Crippen molar-refractivity contribution in [1.29, 1.82) is 5.26 Å². The van der Waals surface area contributed by atoms with Crippen LogP contribution >= 0.6 is 15.9 Å². The summed E-state index contributed by atoms with van der Waals surface area (Å²) in [5.74, 6) is 0.806. The lowest BCUT2D eigenvalue weighted by Gasteiger charge is -1.99. The van der Waals surface area contributed by atoms with Gasteiger partial charge in [0.2, 0.25) is 0 Å². The number of nitriles is 1. The van der Waals surface area contributed by atoms with E-state index in [0.29, 0.717) is 10.2 Å². The minimum Gasteiger partial charge on any atom is -0.457 e. The molecule has 0 spiro atoms. The fraction of sp³-hybridized carbons (Fsp3) is 0.0769. The third kappa shape index (κ3) is 1.54. The Labute approximate surface area is 112 Å². The summed E-state index contributed by atoms with van der Waals surface area (Å²) in [6, 6.07) is 9.44. The van der Waals surface area contributed by atoms with E-state index in [-0.39, 0.29) is 0 Å². The van der Waals surface area contributed by atoms with Crippen molar-refractivity contribution in [2.45, 2.75) is 0 Å². The van der Waals surface area contributed by atoms with Crippen molar-refractivity contribution in [2.75, 3.05) is 0 Å². The van der Waals surface area contributed by atoms with Crippen molar-refractivity contribution in [2.24, 2.45) is 7.05 Å². The van der Waals surface area contributed by atoms with E-state index < -0.39 is 0 Å². The maximum Gasteiger partial charge on any atom is 0.179 e. The van der Waals surface area contributed by atoms with E-state index in [9.17, 15) is 0 Å². The maximum atomic E-state index is 8.92. The molecule has 0 saturated heterocycles. The van der Waals surface area contributed by atoms with Gasteiger partial charge < -0.3 is 8.98 Å². The Morgan fingerprint density at radius 3 is 2.89 bits per heavy atom. The second-order valence-corrected chi connectivity index (χ2v) is 4.64. The van der Waals surface area contributed by atoms with Gasteiger partial charge in [0.1, 0.15) is 5.82 Å². The number of halogens is 1. The number of fused-ring (bicyclic) bond motifs is 1. The molecule has 0 fully saturated rings. The Balaban J connectivity index is 2.30. The summed E-state index contributed by atoms with van der Waals surface area (Å²) in [5.41, 5.74) is 3.31. The van der Waals surface area contributed by atoms with E-state index in [0.717, 1.165) is 22.4 Å². The lowest BCUT2D eigenvalue weighted by Crippen LogP contribution is -1.91. The summed E-state index contributed by atoms with van der Waals surface area (Å²) >= 11 is 3.35. The molecule has 0 N–H and O–H groups in total. The number of hydrogen-bond acceptors (Lipinski definition) is 3. The lowest BCUT2D eigenvalue weighted by atomic mass is 10.2. The molecule has 3 rings (SSSR count). The monoisotopic (exact) mass is 301 g/mol. The van der Waals surface area contributed by atoms with Gasteiger partial charge in [-0.25, -0.2) is 4.98 Å². The minimum absolute atomic E-state index is 0.628. The number of benzene rings is 1. The van der Waals surface area contributed by atoms with Crippen LogP contribution in [-0.4, -0.2) is 9.55 Å². The molecule has 2 aromatic heterocycles. The average Bonchev–Trinajstić information content (AvgIpc) is 2.93. The van der Waals surface area contributed by atoms with Crippen LogP contribution in [0.2, 0.25) is 0 Å².